The van der Waals surface area contributed by atoms with Gasteiger partial charge in [0.05, 0.1) is 0 Å². The first-order valence-electron chi connectivity index (χ1n) is 7.21. The molecule has 0 radical (unpaired) electrons. The Balaban J connectivity index is 1.81. The zero-order valence-corrected chi connectivity index (χ0v) is 11.7. The lowest BCUT2D eigenvalue weighted by molar-refractivity contribution is -0.00735. The number of aromatic amines is 1. The van der Waals surface area contributed by atoms with Crippen molar-refractivity contribution in [1.82, 2.24) is 9.97 Å². The van der Waals surface area contributed by atoms with Crippen LogP contribution in [-0.2, 0) is 5.41 Å². The molecule has 5 rings (SSSR count). The van der Waals surface area contributed by atoms with E-state index in [0.717, 1.165) is 28.2 Å². The number of hydrogen-bond acceptors (Lipinski definition) is 2. The van der Waals surface area contributed by atoms with E-state index in [9.17, 15) is 0 Å². The second kappa shape index (κ2) is 3.66. The van der Waals surface area contributed by atoms with Gasteiger partial charge >= 0.3 is 0 Å². The van der Waals surface area contributed by atoms with Crippen molar-refractivity contribution in [3.05, 3.63) is 22.2 Å². The minimum atomic E-state index is 0.413. The molecule has 18 heavy (non-hydrogen) atoms. The molecule has 4 aliphatic carbocycles. The Hall–Kier alpha value is -0.700. The zero-order chi connectivity index (χ0) is 12.3. The van der Waals surface area contributed by atoms with Crippen LogP contribution >= 0.6 is 12.2 Å². The van der Waals surface area contributed by atoms with Gasteiger partial charge in [-0.25, -0.2) is 4.98 Å². The third-order valence-electron chi connectivity index (χ3n) is 5.47. The highest BCUT2D eigenvalue weighted by Gasteiger charge is 2.52. The van der Waals surface area contributed by atoms with Crippen molar-refractivity contribution in [2.75, 3.05) is 0 Å². The summed E-state index contributed by atoms with van der Waals surface area (Å²) in [4.78, 5) is 7.85. The van der Waals surface area contributed by atoms with Gasteiger partial charge < -0.3 is 4.98 Å². The van der Waals surface area contributed by atoms with Crippen molar-refractivity contribution in [2.45, 2.75) is 50.9 Å². The first-order chi connectivity index (χ1) is 8.63. The smallest absolute Gasteiger partial charge is 0.129 e. The van der Waals surface area contributed by atoms with Crippen LogP contribution in [0.1, 0.15) is 50.0 Å². The van der Waals surface area contributed by atoms with Crippen molar-refractivity contribution in [3.8, 4) is 0 Å². The summed E-state index contributed by atoms with van der Waals surface area (Å²) < 4.78 is 0.761. The van der Waals surface area contributed by atoms with Crippen molar-refractivity contribution in [2.24, 2.45) is 17.8 Å². The van der Waals surface area contributed by atoms with Crippen molar-refractivity contribution in [1.29, 1.82) is 0 Å². The molecule has 0 spiro atoms. The van der Waals surface area contributed by atoms with Crippen LogP contribution in [0.3, 0.4) is 0 Å². The Kier molecular flexibility index (Phi) is 2.27. The van der Waals surface area contributed by atoms with Crippen molar-refractivity contribution in [3.63, 3.8) is 0 Å². The molecular weight excluding hydrogens is 240 g/mol. The number of nitrogens with zero attached hydrogens (tertiary/aromatic N) is 1. The normalized spacial score (nSPS) is 41.3. The van der Waals surface area contributed by atoms with E-state index in [0.29, 0.717) is 5.41 Å². The van der Waals surface area contributed by atoms with E-state index in [1.165, 1.54) is 44.2 Å². The highest BCUT2D eigenvalue weighted by Crippen LogP contribution is 2.60. The number of aryl methyl sites for hydroxylation is 1. The van der Waals surface area contributed by atoms with Gasteiger partial charge in [0.15, 0.2) is 0 Å². The molecule has 1 aromatic rings. The standard InChI is InChI=1S/C15H20N2S/c1-9-16-13(5-14(18)17-9)15-6-10-2-11(7-15)4-12(3-10)8-15/h5,10-12H,2-4,6-8H2,1H3,(H,16,17,18). The molecule has 0 aromatic carbocycles. The fourth-order valence-electron chi connectivity index (χ4n) is 5.31. The van der Waals surface area contributed by atoms with Gasteiger partial charge in [0, 0.05) is 11.1 Å². The number of nitrogens with one attached hydrogen (secondary N) is 1. The summed E-state index contributed by atoms with van der Waals surface area (Å²) in [6.07, 6.45) is 8.62. The molecule has 4 fully saturated rings. The maximum atomic E-state index is 5.31. The number of hydrogen-bond donors (Lipinski definition) is 1. The van der Waals surface area contributed by atoms with Gasteiger partial charge in [0.2, 0.25) is 0 Å². The summed E-state index contributed by atoms with van der Waals surface area (Å²) in [6, 6.07) is 2.13. The highest BCUT2D eigenvalue weighted by molar-refractivity contribution is 7.71. The lowest BCUT2D eigenvalue weighted by Crippen LogP contribution is -2.49. The predicted octanol–water partition coefficient (Wildman–Crippen LogP) is 3.92. The maximum Gasteiger partial charge on any atom is 0.129 e. The molecule has 4 bridgehead atoms. The van der Waals surface area contributed by atoms with E-state index in [4.69, 9.17) is 12.2 Å². The van der Waals surface area contributed by atoms with Crippen LogP contribution < -0.4 is 0 Å². The van der Waals surface area contributed by atoms with Gasteiger partial charge in [-0.3, -0.25) is 0 Å². The molecule has 96 valence electrons. The van der Waals surface area contributed by atoms with Gasteiger partial charge in [0.25, 0.3) is 0 Å². The van der Waals surface area contributed by atoms with Gasteiger partial charge in [-0.2, -0.15) is 0 Å². The van der Waals surface area contributed by atoms with Crippen molar-refractivity contribution < 1.29 is 0 Å². The third kappa shape index (κ3) is 1.59. The molecule has 0 atom stereocenters. The average molecular weight is 260 g/mol. The Morgan fingerprint density at radius 1 is 1.17 bits per heavy atom. The molecular formula is C15H20N2S. The molecule has 0 amide bonds. The molecule has 1 N–H and O–H groups in total. The van der Waals surface area contributed by atoms with Crippen LogP contribution in [0.25, 0.3) is 0 Å². The molecule has 0 unspecified atom stereocenters. The fraction of sp³-hybridized carbons (Fsp3) is 0.733. The van der Waals surface area contributed by atoms with Gasteiger partial charge in [0.1, 0.15) is 10.5 Å². The summed E-state index contributed by atoms with van der Waals surface area (Å²) in [6.45, 7) is 2.03. The third-order valence-corrected chi connectivity index (χ3v) is 5.68. The van der Waals surface area contributed by atoms with Crippen LogP contribution in [0, 0.1) is 29.3 Å². The molecule has 0 saturated heterocycles. The van der Waals surface area contributed by atoms with E-state index < -0.39 is 0 Å². The van der Waals surface area contributed by atoms with Crippen LogP contribution in [-0.4, -0.2) is 9.97 Å². The Labute approximate surface area is 113 Å². The average Bonchev–Trinajstić information content (AvgIpc) is 2.25. The topological polar surface area (TPSA) is 28.7 Å². The van der Waals surface area contributed by atoms with Gasteiger partial charge in [-0.05, 0) is 69.3 Å². The zero-order valence-electron chi connectivity index (χ0n) is 10.9. The lowest BCUT2D eigenvalue weighted by Gasteiger charge is -2.56. The largest absolute Gasteiger partial charge is 0.347 e. The molecule has 0 aliphatic heterocycles. The maximum absolute atomic E-state index is 5.31. The van der Waals surface area contributed by atoms with Crippen LogP contribution in [0.4, 0.5) is 0 Å². The summed E-state index contributed by atoms with van der Waals surface area (Å²) in [7, 11) is 0. The van der Waals surface area contributed by atoms with Gasteiger partial charge in [-0.1, -0.05) is 12.2 Å². The van der Waals surface area contributed by atoms with Gasteiger partial charge in [-0.15, -0.1) is 0 Å². The fourth-order valence-corrected chi connectivity index (χ4v) is 5.56. The highest BCUT2D eigenvalue weighted by atomic mass is 32.1. The van der Waals surface area contributed by atoms with E-state index in [-0.39, 0.29) is 0 Å². The predicted molar refractivity (Wildman–Crippen MR) is 74.0 cm³/mol. The van der Waals surface area contributed by atoms with E-state index in [2.05, 4.69) is 16.0 Å². The van der Waals surface area contributed by atoms with E-state index in [1.807, 2.05) is 6.92 Å². The quantitative estimate of drug-likeness (QED) is 0.775. The molecule has 2 nitrogen and oxygen atoms in total. The summed E-state index contributed by atoms with van der Waals surface area (Å²) in [5.41, 5.74) is 1.80. The lowest BCUT2D eigenvalue weighted by atomic mass is 9.49. The minimum Gasteiger partial charge on any atom is -0.347 e. The number of rotatable bonds is 1. The Bertz CT molecular complexity index is 510. The molecule has 4 aliphatic rings. The molecule has 3 heteroatoms. The first-order valence-corrected chi connectivity index (χ1v) is 7.62. The Morgan fingerprint density at radius 2 is 1.72 bits per heavy atom. The second-order valence-corrected chi connectivity index (χ2v) is 7.33. The summed E-state index contributed by atoms with van der Waals surface area (Å²) >= 11 is 5.31. The SMILES string of the molecule is Cc1nc(=S)cc(C23CC4CC(CC(C4)C2)C3)[nH]1. The first kappa shape index (κ1) is 11.2. The van der Waals surface area contributed by atoms with Crippen LogP contribution in [0.15, 0.2) is 6.07 Å². The molecule has 1 aromatic heterocycles. The molecule has 4 saturated carbocycles. The number of aromatic nitrogens is 2. The Morgan fingerprint density at radius 3 is 2.22 bits per heavy atom. The summed E-state index contributed by atoms with van der Waals surface area (Å²) in [5, 5.41) is 0. The van der Waals surface area contributed by atoms with Crippen LogP contribution in [0.5, 0.6) is 0 Å². The second-order valence-electron chi connectivity index (χ2n) is 6.92. The van der Waals surface area contributed by atoms with Crippen molar-refractivity contribution >= 4 is 12.2 Å². The monoisotopic (exact) mass is 260 g/mol. The minimum absolute atomic E-state index is 0.413. The summed E-state index contributed by atoms with van der Waals surface area (Å²) in [5.74, 6) is 3.92. The van der Waals surface area contributed by atoms with E-state index in [1.54, 1.807) is 0 Å². The molecule has 1 heterocycles. The van der Waals surface area contributed by atoms with E-state index >= 15 is 0 Å². The van der Waals surface area contributed by atoms with Crippen LogP contribution in [0.2, 0.25) is 0 Å². The number of H-pyrrole nitrogens is 1.